The predicted octanol–water partition coefficient (Wildman–Crippen LogP) is 1.53. The molecule has 1 fully saturated rings. The third-order valence-electron chi connectivity index (χ3n) is 3.36. The molecule has 1 aromatic heterocycles. The molecule has 7 heteroatoms. The van der Waals surface area contributed by atoms with Crippen molar-refractivity contribution < 1.29 is 19.4 Å². The van der Waals surface area contributed by atoms with Gasteiger partial charge in [0, 0.05) is 20.2 Å². The molecule has 1 saturated heterocycles. The Kier molecular flexibility index (Phi) is 4.72. The Morgan fingerprint density at radius 2 is 2.30 bits per heavy atom. The minimum atomic E-state index is -0.830. The van der Waals surface area contributed by atoms with Crippen molar-refractivity contribution in [2.75, 3.05) is 20.2 Å². The summed E-state index contributed by atoms with van der Waals surface area (Å²) in [4.78, 5) is 30.0. The normalized spacial score (nSPS) is 19.1. The number of aromatic nitrogens is 1. The smallest absolute Gasteiger partial charge is 0.308 e. The molecular weight excluding hydrogens is 280 g/mol. The number of likely N-dealkylation sites (tertiary alicyclic amines) is 1. The molecule has 0 aromatic carbocycles. The van der Waals surface area contributed by atoms with E-state index in [0.29, 0.717) is 30.1 Å². The first-order valence-corrected chi connectivity index (χ1v) is 7.32. The molecule has 110 valence electrons. The molecule has 2 rings (SSSR count). The summed E-state index contributed by atoms with van der Waals surface area (Å²) >= 11 is 1.32. The average Bonchev–Trinajstić information content (AvgIpc) is 2.79. The van der Waals surface area contributed by atoms with Gasteiger partial charge in [0.1, 0.15) is 9.88 Å². The number of carbonyl (C=O) groups is 2. The Balaban J connectivity index is 2.12. The average molecular weight is 298 g/mol. The summed E-state index contributed by atoms with van der Waals surface area (Å²) < 4.78 is 5.02. The summed E-state index contributed by atoms with van der Waals surface area (Å²) in [5.41, 5.74) is 0.685. The number of hydrogen-bond donors (Lipinski definition) is 1. The molecule has 1 N–H and O–H groups in total. The summed E-state index contributed by atoms with van der Waals surface area (Å²) in [5.74, 6) is -1.41. The van der Waals surface area contributed by atoms with E-state index < -0.39 is 11.9 Å². The van der Waals surface area contributed by atoms with Gasteiger partial charge in [-0.05, 0) is 19.8 Å². The fourth-order valence-corrected chi connectivity index (χ4v) is 3.35. The van der Waals surface area contributed by atoms with Gasteiger partial charge in [0.25, 0.3) is 5.91 Å². The van der Waals surface area contributed by atoms with Crippen molar-refractivity contribution in [2.45, 2.75) is 26.4 Å². The van der Waals surface area contributed by atoms with Crippen LogP contribution in [0.3, 0.4) is 0 Å². The second kappa shape index (κ2) is 6.32. The van der Waals surface area contributed by atoms with Crippen LogP contribution < -0.4 is 0 Å². The molecule has 1 aliphatic rings. The molecular formula is C13H18N2O4S. The van der Waals surface area contributed by atoms with Crippen LogP contribution in [-0.4, -0.2) is 47.1 Å². The zero-order chi connectivity index (χ0) is 14.7. The van der Waals surface area contributed by atoms with Crippen LogP contribution in [0.1, 0.15) is 33.2 Å². The summed E-state index contributed by atoms with van der Waals surface area (Å²) in [6.07, 6.45) is 1.36. The number of methoxy groups -OCH3 is 1. The Morgan fingerprint density at radius 3 is 2.95 bits per heavy atom. The number of ether oxygens (including phenoxy) is 1. The van der Waals surface area contributed by atoms with Gasteiger partial charge in [-0.1, -0.05) is 0 Å². The van der Waals surface area contributed by atoms with E-state index in [-0.39, 0.29) is 12.5 Å². The summed E-state index contributed by atoms with van der Waals surface area (Å²) in [5, 5.41) is 9.84. The van der Waals surface area contributed by atoms with Crippen LogP contribution in [0.2, 0.25) is 0 Å². The van der Waals surface area contributed by atoms with Crippen molar-refractivity contribution in [3.8, 4) is 0 Å². The second-order valence-electron chi connectivity index (χ2n) is 4.88. The third kappa shape index (κ3) is 3.16. The van der Waals surface area contributed by atoms with Crippen LogP contribution in [0.5, 0.6) is 0 Å². The first kappa shape index (κ1) is 14.9. The molecule has 6 nitrogen and oxygen atoms in total. The van der Waals surface area contributed by atoms with Crippen LogP contribution in [0.4, 0.5) is 0 Å². The van der Waals surface area contributed by atoms with Crippen molar-refractivity contribution in [1.82, 2.24) is 9.88 Å². The molecule has 0 saturated carbocycles. The highest BCUT2D eigenvalue weighted by Crippen LogP contribution is 2.24. The van der Waals surface area contributed by atoms with Gasteiger partial charge in [-0.15, -0.1) is 11.3 Å². The molecule has 20 heavy (non-hydrogen) atoms. The lowest BCUT2D eigenvalue weighted by atomic mass is 9.98. The second-order valence-corrected chi connectivity index (χ2v) is 5.97. The molecule has 2 heterocycles. The topological polar surface area (TPSA) is 79.7 Å². The number of nitrogens with zero attached hydrogens (tertiary/aromatic N) is 2. The maximum atomic E-state index is 12.5. The molecule has 1 atom stereocenters. The number of carboxylic acids is 1. The lowest BCUT2D eigenvalue weighted by Crippen LogP contribution is -2.42. The molecule has 0 aliphatic carbocycles. The number of carbonyl (C=O) groups excluding carboxylic acids is 1. The van der Waals surface area contributed by atoms with Gasteiger partial charge < -0.3 is 14.7 Å². The number of thiazole rings is 1. The van der Waals surface area contributed by atoms with Crippen molar-refractivity contribution >= 4 is 23.2 Å². The van der Waals surface area contributed by atoms with E-state index in [0.717, 1.165) is 11.4 Å². The number of aliphatic carboxylic acids is 1. The van der Waals surface area contributed by atoms with E-state index in [2.05, 4.69) is 4.98 Å². The quantitative estimate of drug-likeness (QED) is 0.912. The minimum Gasteiger partial charge on any atom is -0.481 e. The van der Waals surface area contributed by atoms with E-state index >= 15 is 0 Å². The first-order valence-electron chi connectivity index (χ1n) is 6.50. The molecule has 0 spiro atoms. The lowest BCUT2D eigenvalue weighted by molar-refractivity contribution is -0.143. The summed E-state index contributed by atoms with van der Waals surface area (Å²) in [7, 11) is 1.58. The van der Waals surface area contributed by atoms with Crippen LogP contribution in [-0.2, 0) is 16.1 Å². The van der Waals surface area contributed by atoms with Gasteiger partial charge in [-0.3, -0.25) is 9.59 Å². The van der Waals surface area contributed by atoms with Crippen LogP contribution in [0.15, 0.2) is 0 Å². The van der Waals surface area contributed by atoms with Gasteiger partial charge >= 0.3 is 5.97 Å². The molecule has 1 aliphatic heterocycles. The van der Waals surface area contributed by atoms with Crippen molar-refractivity contribution in [3.05, 3.63) is 15.6 Å². The van der Waals surface area contributed by atoms with Crippen LogP contribution in [0.25, 0.3) is 0 Å². The van der Waals surface area contributed by atoms with Crippen LogP contribution >= 0.6 is 11.3 Å². The first-order chi connectivity index (χ1) is 9.52. The largest absolute Gasteiger partial charge is 0.481 e. The highest BCUT2D eigenvalue weighted by molar-refractivity contribution is 7.13. The number of piperidine rings is 1. The maximum Gasteiger partial charge on any atom is 0.308 e. The monoisotopic (exact) mass is 298 g/mol. The Labute approximate surface area is 121 Å². The van der Waals surface area contributed by atoms with Gasteiger partial charge in [0.2, 0.25) is 0 Å². The highest BCUT2D eigenvalue weighted by atomic mass is 32.1. The Bertz CT molecular complexity index is 514. The molecule has 1 aromatic rings. The third-order valence-corrected chi connectivity index (χ3v) is 4.48. The number of aryl methyl sites for hydroxylation is 1. The fraction of sp³-hybridized carbons (Fsp3) is 0.615. The Morgan fingerprint density at radius 1 is 1.55 bits per heavy atom. The number of hydrogen-bond acceptors (Lipinski definition) is 5. The molecule has 0 radical (unpaired) electrons. The fourth-order valence-electron chi connectivity index (χ4n) is 2.34. The van der Waals surface area contributed by atoms with E-state index in [4.69, 9.17) is 9.84 Å². The van der Waals surface area contributed by atoms with E-state index in [1.807, 2.05) is 0 Å². The number of carboxylic acid groups (broad SMARTS) is 1. The highest BCUT2D eigenvalue weighted by Gasteiger charge is 2.30. The predicted molar refractivity (Wildman–Crippen MR) is 73.8 cm³/mol. The zero-order valence-corrected chi connectivity index (χ0v) is 12.4. The van der Waals surface area contributed by atoms with Crippen molar-refractivity contribution in [3.63, 3.8) is 0 Å². The minimum absolute atomic E-state index is 0.117. The molecule has 1 unspecified atom stereocenters. The van der Waals surface area contributed by atoms with Crippen molar-refractivity contribution in [2.24, 2.45) is 5.92 Å². The van der Waals surface area contributed by atoms with Gasteiger partial charge in [-0.2, -0.15) is 0 Å². The van der Waals surface area contributed by atoms with E-state index in [1.54, 1.807) is 18.9 Å². The van der Waals surface area contributed by atoms with Gasteiger partial charge in [0.15, 0.2) is 0 Å². The summed E-state index contributed by atoms with van der Waals surface area (Å²) in [6, 6.07) is 0. The number of rotatable bonds is 4. The maximum absolute atomic E-state index is 12.5. The molecule has 1 amide bonds. The molecule has 0 bridgehead atoms. The van der Waals surface area contributed by atoms with E-state index in [9.17, 15) is 9.59 Å². The summed E-state index contributed by atoms with van der Waals surface area (Å²) in [6.45, 7) is 3.07. The Hall–Kier alpha value is -1.47. The standard InChI is InChI=1S/C13H18N2O4S/c1-8-11(20-10(14-8)7-19-2)12(16)15-5-3-4-9(6-15)13(17)18/h9H,3-7H2,1-2H3,(H,17,18). The number of amides is 1. The van der Waals surface area contributed by atoms with E-state index in [1.165, 1.54) is 11.3 Å². The van der Waals surface area contributed by atoms with Crippen LogP contribution in [0, 0.1) is 12.8 Å². The van der Waals surface area contributed by atoms with Gasteiger partial charge in [0.05, 0.1) is 18.2 Å². The van der Waals surface area contributed by atoms with Crippen molar-refractivity contribution in [1.29, 1.82) is 0 Å². The SMILES string of the molecule is COCc1nc(C)c(C(=O)N2CCCC(C(=O)O)C2)s1. The lowest BCUT2D eigenvalue weighted by Gasteiger charge is -2.30. The van der Waals surface area contributed by atoms with Gasteiger partial charge in [-0.25, -0.2) is 4.98 Å². The zero-order valence-electron chi connectivity index (χ0n) is 11.6.